The van der Waals surface area contributed by atoms with Crippen LogP contribution >= 0.6 is 0 Å². The predicted molar refractivity (Wildman–Crippen MR) is 115 cm³/mol. The Balaban J connectivity index is 1.97. The Bertz CT molecular complexity index is 745. The highest BCUT2D eigenvalue weighted by atomic mass is 16.3. The summed E-state index contributed by atoms with van der Waals surface area (Å²) in [6.45, 7) is 12.6. The topological polar surface area (TPSA) is 108 Å². The highest BCUT2D eigenvalue weighted by Gasteiger charge is 2.41. The van der Waals surface area contributed by atoms with Crippen LogP contribution in [0, 0.1) is 11.8 Å². The second-order valence-corrected chi connectivity index (χ2v) is 8.49. The van der Waals surface area contributed by atoms with Gasteiger partial charge in [-0.15, -0.1) is 0 Å². The van der Waals surface area contributed by atoms with Crippen molar-refractivity contribution in [2.75, 3.05) is 13.2 Å². The van der Waals surface area contributed by atoms with Crippen LogP contribution in [0.2, 0.25) is 0 Å². The van der Waals surface area contributed by atoms with Crippen molar-refractivity contribution in [1.29, 1.82) is 0 Å². The minimum Gasteiger partial charge on any atom is -0.394 e. The molecule has 1 aromatic heterocycles. The van der Waals surface area contributed by atoms with E-state index in [0.29, 0.717) is 12.8 Å². The van der Waals surface area contributed by atoms with Crippen molar-refractivity contribution in [3.63, 3.8) is 0 Å². The minimum atomic E-state index is -0.717. The van der Waals surface area contributed by atoms with Gasteiger partial charge in [-0.2, -0.15) is 5.10 Å². The summed E-state index contributed by atoms with van der Waals surface area (Å²) in [4.78, 5) is 27.1. The number of rotatable bonds is 10. The fourth-order valence-corrected chi connectivity index (χ4v) is 3.72. The summed E-state index contributed by atoms with van der Waals surface area (Å²) in [5.74, 6) is -0.541. The first-order chi connectivity index (χ1) is 14.2. The normalized spacial score (nSPS) is 21.0. The molecular formula is C22H36N4O4. The van der Waals surface area contributed by atoms with Crippen LogP contribution < -0.4 is 5.32 Å². The summed E-state index contributed by atoms with van der Waals surface area (Å²) >= 11 is 0. The van der Waals surface area contributed by atoms with Gasteiger partial charge < -0.3 is 20.4 Å². The molecule has 1 aromatic rings. The van der Waals surface area contributed by atoms with Gasteiger partial charge in [0.25, 0.3) is 0 Å². The van der Waals surface area contributed by atoms with Crippen LogP contribution in [0.1, 0.15) is 52.7 Å². The summed E-state index contributed by atoms with van der Waals surface area (Å²) in [6.07, 6.45) is 2.33. The van der Waals surface area contributed by atoms with Gasteiger partial charge in [0.1, 0.15) is 6.04 Å². The second kappa shape index (κ2) is 10.7. The molecule has 1 fully saturated rings. The lowest BCUT2D eigenvalue weighted by atomic mass is 9.96. The summed E-state index contributed by atoms with van der Waals surface area (Å²) in [5.41, 5.74) is 1.83. The minimum absolute atomic E-state index is 0.122. The molecule has 2 heterocycles. The van der Waals surface area contributed by atoms with Crippen molar-refractivity contribution in [2.24, 2.45) is 11.8 Å². The van der Waals surface area contributed by atoms with Crippen LogP contribution in [0.4, 0.5) is 0 Å². The van der Waals surface area contributed by atoms with Gasteiger partial charge in [-0.1, -0.05) is 27.4 Å². The van der Waals surface area contributed by atoms with Crippen molar-refractivity contribution in [3.05, 3.63) is 24.5 Å². The molecule has 0 radical (unpaired) electrons. The number of hydrogen-bond acceptors (Lipinski definition) is 5. The fraction of sp³-hybridized carbons (Fsp3) is 0.682. The van der Waals surface area contributed by atoms with E-state index in [9.17, 15) is 19.8 Å². The lowest BCUT2D eigenvalue weighted by Gasteiger charge is -2.29. The van der Waals surface area contributed by atoms with Gasteiger partial charge in [-0.25, -0.2) is 0 Å². The van der Waals surface area contributed by atoms with Crippen molar-refractivity contribution in [3.8, 4) is 0 Å². The fourth-order valence-electron chi connectivity index (χ4n) is 3.72. The predicted octanol–water partition coefficient (Wildman–Crippen LogP) is 1.43. The highest BCUT2D eigenvalue weighted by molar-refractivity contribution is 5.89. The number of aryl methyl sites for hydroxylation is 1. The van der Waals surface area contributed by atoms with Gasteiger partial charge in [-0.3, -0.25) is 14.3 Å². The molecule has 3 N–H and O–H groups in total. The lowest BCUT2D eigenvalue weighted by Crippen LogP contribution is -2.51. The van der Waals surface area contributed by atoms with Crippen LogP contribution in [-0.4, -0.2) is 68.0 Å². The number of nitrogens with one attached hydrogen (secondary N) is 1. The molecule has 0 aromatic carbocycles. The molecule has 0 spiro atoms. The largest absolute Gasteiger partial charge is 0.394 e. The molecule has 8 heteroatoms. The number of β-amino-alcohol motifs (C(OH)–C–C–N with tert-alkyl or cyclic N) is 1. The number of nitrogens with zero attached hydrogens (tertiary/aromatic N) is 3. The number of amides is 2. The first-order valence-electron chi connectivity index (χ1n) is 10.8. The highest BCUT2D eigenvalue weighted by Crippen LogP contribution is 2.24. The molecule has 2 rings (SSSR count). The molecule has 1 aliphatic heterocycles. The number of likely N-dealkylation sites (tertiary alicyclic amines) is 1. The smallest absolute Gasteiger partial charge is 0.243 e. The first-order valence-corrected chi connectivity index (χ1v) is 10.8. The third kappa shape index (κ3) is 5.70. The van der Waals surface area contributed by atoms with Gasteiger partial charge in [-0.05, 0) is 37.3 Å². The van der Waals surface area contributed by atoms with Gasteiger partial charge >= 0.3 is 0 Å². The maximum atomic E-state index is 12.9. The summed E-state index contributed by atoms with van der Waals surface area (Å²) in [5, 5.41) is 26.9. The van der Waals surface area contributed by atoms with E-state index in [2.05, 4.69) is 17.0 Å². The molecule has 4 atom stereocenters. The van der Waals surface area contributed by atoms with Gasteiger partial charge in [0.2, 0.25) is 11.8 Å². The number of aliphatic hydroxyl groups is 2. The molecule has 0 aliphatic carbocycles. The second-order valence-electron chi connectivity index (χ2n) is 8.49. The Morgan fingerprint density at radius 1 is 1.37 bits per heavy atom. The zero-order chi connectivity index (χ0) is 22.4. The number of carbonyl (C=O) groups is 2. The number of aromatic nitrogens is 2. The quantitative estimate of drug-likeness (QED) is 0.531. The molecule has 0 saturated carbocycles. The zero-order valence-electron chi connectivity index (χ0n) is 18.5. The van der Waals surface area contributed by atoms with Crippen molar-refractivity contribution in [1.82, 2.24) is 20.0 Å². The maximum Gasteiger partial charge on any atom is 0.243 e. The van der Waals surface area contributed by atoms with E-state index >= 15 is 0 Å². The molecular weight excluding hydrogens is 384 g/mol. The lowest BCUT2D eigenvalue weighted by molar-refractivity contribution is -0.142. The molecule has 2 amide bonds. The van der Waals surface area contributed by atoms with E-state index in [4.69, 9.17) is 0 Å². The third-order valence-corrected chi connectivity index (χ3v) is 5.99. The summed E-state index contributed by atoms with van der Waals surface area (Å²) in [7, 11) is 0. The first kappa shape index (κ1) is 24.1. The molecule has 168 valence electrons. The molecule has 30 heavy (non-hydrogen) atoms. The van der Waals surface area contributed by atoms with Gasteiger partial charge in [0.05, 0.1) is 24.4 Å². The van der Waals surface area contributed by atoms with Crippen LogP contribution in [0.5, 0.6) is 0 Å². The maximum absolute atomic E-state index is 12.9. The number of aliphatic hydroxyl groups excluding tert-OH is 2. The van der Waals surface area contributed by atoms with E-state index in [1.165, 1.54) is 4.90 Å². The van der Waals surface area contributed by atoms with Crippen LogP contribution in [0.15, 0.2) is 18.8 Å². The molecule has 0 bridgehead atoms. The van der Waals surface area contributed by atoms with E-state index in [-0.39, 0.29) is 43.2 Å². The Morgan fingerprint density at radius 3 is 2.67 bits per heavy atom. The van der Waals surface area contributed by atoms with Crippen molar-refractivity contribution >= 4 is 17.4 Å². The average molecular weight is 421 g/mol. The molecule has 8 nitrogen and oxygen atoms in total. The number of allylic oxidation sites excluding steroid dienone is 1. The van der Waals surface area contributed by atoms with E-state index in [0.717, 1.165) is 17.8 Å². The monoisotopic (exact) mass is 420 g/mol. The summed E-state index contributed by atoms with van der Waals surface area (Å²) in [6, 6.07) is 0.731. The number of hydrogen-bond donors (Lipinski definition) is 3. The Hall–Kier alpha value is -2.19. The van der Waals surface area contributed by atoms with Crippen molar-refractivity contribution < 1.29 is 19.8 Å². The molecule has 4 unspecified atom stereocenters. The Morgan fingerprint density at radius 2 is 2.07 bits per heavy atom. The SMILES string of the molecule is C=C(CCC(CO)NC(=O)C1CC(O)CN1C(=O)C(C)C(C)C)c1ccnn1CC. The van der Waals surface area contributed by atoms with E-state index in [1.807, 2.05) is 38.4 Å². The third-order valence-electron chi connectivity index (χ3n) is 5.99. The standard InChI is InChI=1S/C22H36N4O4/c1-6-26-19(9-10-23-26)15(4)7-8-17(13-27)24-21(29)20-11-18(28)12-25(20)22(30)16(5)14(2)3/h9-10,14,16-18,20,27-28H,4,6-8,11-13H2,1-3,5H3,(H,24,29). The van der Waals surface area contributed by atoms with E-state index < -0.39 is 18.2 Å². The van der Waals surface area contributed by atoms with Crippen molar-refractivity contribution in [2.45, 2.75) is 71.7 Å². The average Bonchev–Trinajstić information content (AvgIpc) is 3.35. The van der Waals surface area contributed by atoms with Gasteiger partial charge in [0.15, 0.2) is 0 Å². The van der Waals surface area contributed by atoms with Crippen LogP contribution in [0.3, 0.4) is 0 Å². The van der Waals surface area contributed by atoms with Crippen LogP contribution in [0.25, 0.3) is 5.57 Å². The Labute approximate surface area is 178 Å². The number of carbonyl (C=O) groups excluding carboxylic acids is 2. The van der Waals surface area contributed by atoms with E-state index in [1.54, 1.807) is 6.20 Å². The molecule has 1 aliphatic rings. The Kier molecular flexibility index (Phi) is 8.61. The molecule has 1 saturated heterocycles. The zero-order valence-corrected chi connectivity index (χ0v) is 18.5. The summed E-state index contributed by atoms with van der Waals surface area (Å²) < 4.78 is 1.86. The van der Waals surface area contributed by atoms with Crippen LogP contribution in [-0.2, 0) is 16.1 Å². The van der Waals surface area contributed by atoms with Gasteiger partial charge in [0, 0.05) is 31.6 Å².